The molecule has 0 aliphatic heterocycles. The average Bonchev–Trinajstić information content (AvgIpc) is 2.67. The number of aliphatic hydroxyl groups excluding tert-OH is 1. The minimum Gasteiger partial charge on any atom is -0.395 e. The van der Waals surface area contributed by atoms with Gasteiger partial charge in [0.05, 0.1) is 6.61 Å². The molecule has 0 aromatic heterocycles. The molecule has 0 spiro atoms. The first-order valence-electron chi connectivity index (χ1n) is 10.0. The predicted molar refractivity (Wildman–Crippen MR) is 111 cm³/mol. The van der Waals surface area contributed by atoms with Gasteiger partial charge in [-0.25, -0.2) is 0 Å². The molecule has 6 heteroatoms. The summed E-state index contributed by atoms with van der Waals surface area (Å²) in [5.41, 5.74) is 2.52. The van der Waals surface area contributed by atoms with Gasteiger partial charge >= 0.3 is 11.8 Å². The third-order valence-corrected chi connectivity index (χ3v) is 4.62. The zero-order valence-corrected chi connectivity index (χ0v) is 17.3. The second-order valence-corrected chi connectivity index (χ2v) is 6.76. The Balaban J connectivity index is 2.83. The van der Waals surface area contributed by atoms with E-state index < -0.39 is 11.8 Å². The van der Waals surface area contributed by atoms with Crippen LogP contribution in [0.3, 0.4) is 0 Å². The molecule has 0 saturated heterocycles. The number of hydrogen-bond acceptors (Lipinski definition) is 4. The number of benzene rings is 1. The van der Waals surface area contributed by atoms with Crippen LogP contribution in [0.5, 0.6) is 0 Å². The lowest BCUT2D eigenvalue weighted by molar-refractivity contribution is -0.143. The maximum Gasteiger partial charge on any atom is 0.313 e. The van der Waals surface area contributed by atoms with E-state index in [0.717, 1.165) is 43.5 Å². The van der Waals surface area contributed by atoms with Gasteiger partial charge < -0.3 is 20.2 Å². The molecule has 0 heterocycles. The molecular formula is C21H35N3O3. The second kappa shape index (κ2) is 12.3. The molecule has 6 nitrogen and oxygen atoms in total. The number of likely N-dealkylation sites (N-methyl/N-ethyl adjacent to an activating group) is 1. The van der Waals surface area contributed by atoms with E-state index in [0.29, 0.717) is 25.3 Å². The van der Waals surface area contributed by atoms with Gasteiger partial charge in [0.1, 0.15) is 0 Å². The Hall–Kier alpha value is -2.08. The summed E-state index contributed by atoms with van der Waals surface area (Å²) in [6, 6.07) is 5.68. The van der Waals surface area contributed by atoms with E-state index >= 15 is 0 Å². The van der Waals surface area contributed by atoms with Crippen LogP contribution in [-0.4, -0.2) is 54.6 Å². The molecule has 2 amide bonds. The summed E-state index contributed by atoms with van der Waals surface area (Å²) >= 11 is 0. The third kappa shape index (κ3) is 7.21. The molecule has 1 aromatic rings. The Morgan fingerprint density at radius 2 is 1.67 bits per heavy atom. The average molecular weight is 378 g/mol. The van der Waals surface area contributed by atoms with Crippen LogP contribution in [0.1, 0.15) is 52.0 Å². The van der Waals surface area contributed by atoms with Crippen molar-refractivity contribution in [2.45, 2.75) is 53.4 Å². The summed E-state index contributed by atoms with van der Waals surface area (Å²) in [4.78, 5) is 28.7. The third-order valence-electron chi connectivity index (χ3n) is 4.62. The monoisotopic (exact) mass is 377 g/mol. The predicted octanol–water partition coefficient (Wildman–Crippen LogP) is 3.18. The Morgan fingerprint density at radius 3 is 2.15 bits per heavy atom. The van der Waals surface area contributed by atoms with Crippen molar-refractivity contribution in [2.75, 3.05) is 43.0 Å². The molecule has 0 aliphatic rings. The van der Waals surface area contributed by atoms with Gasteiger partial charge in [-0.3, -0.25) is 9.59 Å². The van der Waals surface area contributed by atoms with Crippen molar-refractivity contribution < 1.29 is 14.7 Å². The first kappa shape index (κ1) is 23.0. The Morgan fingerprint density at radius 1 is 1.04 bits per heavy atom. The fourth-order valence-electron chi connectivity index (χ4n) is 2.91. The maximum atomic E-state index is 12.6. The van der Waals surface area contributed by atoms with E-state index in [1.807, 2.05) is 32.0 Å². The molecule has 0 aliphatic carbocycles. The maximum absolute atomic E-state index is 12.6. The highest BCUT2D eigenvalue weighted by molar-refractivity contribution is 6.39. The number of aliphatic hydroxyl groups is 1. The number of anilines is 2. The van der Waals surface area contributed by atoms with E-state index in [1.54, 1.807) is 4.90 Å². The molecule has 0 saturated carbocycles. The number of unbranched alkanes of at least 4 members (excludes halogenated alkanes) is 2. The fourth-order valence-corrected chi connectivity index (χ4v) is 2.91. The molecule has 0 unspecified atom stereocenters. The SMILES string of the molecule is CCCCN(CCCC)C(=O)C(=O)Nc1ccc(N(CC)CCO)cc1C. The smallest absolute Gasteiger partial charge is 0.313 e. The molecular weight excluding hydrogens is 342 g/mol. The number of aryl methyl sites for hydroxylation is 1. The van der Waals surface area contributed by atoms with Gasteiger partial charge in [0.2, 0.25) is 0 Å². The highest BCUT2D eigenvalue weighted by Crippen LogP contribution is 2.22. The van der Waals surface area contributed by atoms with Crippen LogP contribution in [0.15, 0.2) is 18.2 Å². The van der Waals surface area contributed by atoms with Crippen molar-refractivity contribution in [1.82, 2.24) is 4.90 Å². The minimum atomic E-state index is -0.583. The summed E-state index contributed by atoms with van der Waals surface area (Å²) in [5.74, 6) is -1.04. The summed E-state index contributed by atoms with van der Waals surface area (Å²) in [5, 5.41) is 11.9. The van der Waals surface area contributed by atoms with E-state index in [4.69, 9.17) is 5.11 Å². The van der Waals surface area contributed by atoms with Crippen LogP contribution in [-0.2, 0) is 9.59 Å². The number of rotatable bonds is 11. The van der Waals surface area contributed by atoms with Crippen LogP contribution >= 0.6 is 0 Å². The number of carbonyl (C=O) groups excluding carboxylic acids is 2. The number of nitrogens with one attached hydrogen (secondary N) is 1. The lowest BCUT2D eigenvalue weighted by atomic mass is 10.1. The van der Waals surface area contributed by atoms with E-state index in [2.05, 4.69) is 24.1 Å². The molecule has 0 bridgehead atoms. The second-order valence-electron chi connectivity index (χ2n) is 6.76. The summed E-state index contributed by atoms with van der Waals surface area (Å²) < 4.78 is 0. The highest BCUT2D eigenvalue weighted by Gasteiger charge is 2.21. The number of hydrogen-bond donors (Lipinski definition) is 2. The van der Waals surface area contributed by atoms with Gasteiger partial charge in [-0.1, -0.05) is 26.7 Å². The van der Waals surface area contributed by atoms with E-state index in [-0.39, 0.29) is 6.61 Å². The zero-order valence-electron chi connectivity index (χ0n) is 17.3. The number of nitrogens with zero attached hydrogens (tertiary/aromatic N) is 2. The lowest BCUT2D eigenvalue weighted by Crippen LogP contribution is -2.41. The van der Waals surface area contributed by atoms with Crippen molar-refractivity contribution in [3.05, 3.63) is 23.8 Å². The van der Waals surface area contributed by atoms with Gasteiger partial charge in [-0.15, -0.1) is 0 Å². The molecule has 27 heavy (non-hydrogen) atoms. The minimum absolute atomic E-state index is 0.0885. The highest BCUT2D eigenvalue weighted by atomic mass is 16.3. The van der Waals surface area contributed by atoms with Crippen molar-refractivity contribution in [3.63, 3.8) is 0 Å². The quantitative estimate of drug-likeness (QED) is 0.581. The molecule has 0 radical (unpaired) electrons. The fraction of sp³-hybridized carbons (Fsp3) is 0.619. The normalized spacial score (nSPS) is 10.6. The van der Waals surface area contributed by atoms with Crippen LogP contribution in [0.2, 0.25) is 0 Å². The molecule has 1 rings (SSSR count). The van der Waals surface area contributed by atoms with Gasteiger partial charge in [-0.05, 0) is 50.5 Å². The van der Waals surface area contributed by atoms with Gasteiger partial charge in [0.25, 0.3) is 0 Å². The van der Waals surface area contributed by atoms with Crippen LogP contribution < -0.4 is 10.2 Å². The molecule has 2 N–H and O–H groups in total. The summed E-state index contributed by atoms with van der Waals surface area (Å²) in [6.07, 6.45) is 3.77. The Bertz CT molecular complexity index is 596. The summed E-state index contributed by atoms with van der Waals surface area (Å²) in [6.45, 7) is 10.8. The molecule has 0 fully saturated rings. The van der Waals surface area contributed by atoms with Crippen molar-refractivity contribution in [1.29, 1.82) is 0 Å². The number of carbonyl (C=O) groups is 2. The van der Waals surface area contributed by atoms with Crippen molar-refractivity contribution in [2.24, 2.45) is 0 Å². The van der Waals surface area contributed by atoms with Gasteiger partial charge in [-0.2, -0.15) is 0 Å². The number of amides is 2. The van der Waals surface area contributed by atoms with Crippen molar-refractivity contribution >= 4 is 23.2 Å². The summed E-state index contributed by atoms with van der Waals surface area (Å²) in [7, 11) is 0. The molecule has 0 atom stereocenters. The first-order valence-corrected chi connectivity index (χ1v) is 10.0. The van der Waals surface area contributed by atoms with Crippen LogP contribution in [0, 0.1) is 6.92 Å². The molecule has 152 valence electrons. The topological polar surface area (TPSA) is 72.9 Å². The Labute approximate surface area is 163 Å². The van der Waals surface area contributed by atoms with E-state index in [1.165, 1.54) is 0 Å². The first-order chi connectivity index (χ1) is 13.0. The standard InChI is InChI=1S/C21H35N3O3/c1-5-8-12-24(13-9-6-2)21(27)20(26)22-19-11-10-18(16-17(19)4)23(7-3)14-15-25/h10-11,16,25H,5-9,12-15H2,1-4H3,(H,22,26). The van der Waals surface area contributed by atoms with Gasteiger partial charge in [0, 0.05) is 37.6 Å². The lowest BCUT2D eigenvalue weighted by Gasteiger charge is -2.24. The largest absolute Gasteiger partial charge is 0.395 e. The van der Waals surface area contributed by atoms with E-state index in [9.17, 15) is 9.59 Å². The van der Waals surface area contributed by atoms with Gasteiger partial charge in [0.15, 0.2) is 0 Å². The van der Waals surface area contributed by atoms with Crippen molar-refractivity contribution in [3.8, 4) is 0 Å². The molecule has 1 aromatic carbocycles. The zero-order chi connectivity index (χ0) is 20.2. The van der Waals surface area contributed by atoms with Crippen LogP contribution in [0.4, 0.5) is 11.4 Å². The van der Waals surface area contributed by atoms with Crippen LogP contribution in [0.25, 0.3) is 0 Å². The Kier molecular flexibility index (Phi) is 10.5.